The van der Waals surface area contributed by atoms with Gasteiger partial charge in [-0.2, -0.15) is 0 Å². The molecule has 0 atom stereocenters. The van der Waals surface area contributed by atoms with Crippen LogP contribution in [0.15, 0.2) is 48.5 Å². The summed E-state index contributed by atoms with van der Waals surface area (Å²) in [6, 6.07) is 15.4. The number of phenols is 1. The van der Waals surface area contributed by atoms with Gasteiger partial charge in [-0.3, -0.25) is 4.79 Å². The predicted molar refractivity (Wildman–Crippen MR) is 69.3 cm³/mol. The molecule has 0 saturated carbocycles. The fourth-order valence-corrected chi connectivity index (χ4v) is 1.80. The molecule has 2 rings (SSSR count). The van der Waals surface area contributed by atoms with Crippen LogP contribution in [-0.4, -0.2) is 18.2 Å². The predicted octanol–water partition coefficient (Wildman–Crippen LogP) is 2.77. The average molecular weight is 242 g/mol. The Balaban J connectivity index is 2.17. The first-order chi connectivity index (χ1) is 8.81. The highest BCUT2D eigenvalue weighted by Crippen LogP contribution is 2.26. The van der Waals surface area contributed by atoms with E-state index in [-0.39, 0.29) is 12.4 Å². The first-order valence-electron chi connectivity index (χ1n) is 5.74. The average Bonchev–Trinajstić information content (AvgIpc) is 2.42. The molecule has 92 valence electrons. The fourth-order valence-electron chi connectivity index (χ4n) is 1.80. The largest absolute Gasteiger partial charge is 0.508 e. The molecule has 3 heteroatoms. The van der Waals surface area contributed by atoms with E-state index in [2.05, 4.69) is 4.74 Å². The van der Waals surface area contributed by atoms with E-state index in [1.807, 2.05) is 42.5 Å². The fraction of sp³-hybridized carbons (Fsp3) is 0.133. The molecule has 0 aliphatic rings. The van der Waals surface area contributed by atoms with Crippen molar-refractivity contribution in [2.45, 2.75) is 6.42 Å². The van der Waals surface area contributed by atoms with Crippen molar-refractivity contribution in [3.8, 4) is 16.9 Å². The smallest absolute Gasteiger partial charge is 0.293 e. The summed E-state index contributed by atoms with van der Waals surface area (Å²) in [4.78, 5) is 10.0. The maximum atomic E-state index is 10.0. The van der Waals surface area contributed by atoms with Gasteiger partial charge in [-0.15, -0.1) is 0 Å². The van der Waals surface area contributed by atoms with Crippen LogP contribution in [0.3, 0.4) is 0 Å². The monoisotopic (exact) mass is 242 g/mol. The molecule has 0 radical (unpaired) electrons. The summed E-state index contributed by atoms with van der Waals surface area (Å²) >= 11 is 0. The van der Waals surface area contributed by atoms with E-state index in [0.29, 0.717) is 12.9 Å². The Morgan fingerprint density at radius 3 is 2.50 bits per heavy atom. The van der Waals surface area contributed by atoms with E-state index in [4.69, 9.17) is 0 Å². The van der Waals surface area contributed by atoms with Gasteiger partial charge in [0.05, 0.1) is 6.61 Å². The van der Waals surface area contributed by atoms with Gasteiger partial charge in [-0.05, 0) is 22.8 Å². The lowest BCUT2D eigenvalue weighted by atomic mass is 10.0. The second-order valence-corrected chi connectivity index (χ2v) is 3.93. The Morgan fingerprint density at radius 2 is 1.83 bits per heavy atom. The molecule has 0 bridgehead atoms. The van der Waals surface area contributed by atoms with Gasteiger partial charge < -0.3 is 9.84 Å². The van der Waals surface area contributed by atoms with Crippen molar-refractivity contribution >= 4 is 6.47 Å². The third kappa shape index (κ3) is 2.88. The number of rotatable bonds is 5. The Morgan fingerprint density at radius 1 is 1.06 bits per heavy atom. The standard InChI is InChI=1S/C15H14O3/c16-11-18-9-8-13-6-7-14(10-15(13)17)12-4-2-1-3-5-12/h1-7,10-11,17H,8-9H2. The molecule has 0 fully saturated rings. The van der Waals surface area contributed by atoms with E-state index in [9.17, 15) is 9.90 Å². The van der Waals surface area contributed by atoms with Crippen molar-refractivity contribution in [1.82, 2.24) is 0 Å². The van der Waals surface area contributed by atoms with Crippen LogP contribution in [0.2, 0.25) is 0 Å². The highest BCUT2D eigenvalue weighted by atomic mass is 16.5. The van der Waals surface area contributed by atoms with Crippen molar-refractivity contribution in [1.29, 1.82) is 0 Å². The molecule has 3 nitrogen and oxygen atoms in total. The number of carbonyl (C=O) groups is 1. The number of phenolic OH excluding ortho intramolecular Hbond substituents is 1. The molecule has 0 saturated heterocycles. The normalized spacial score (nSPS) is 10.0. The molecule has 0 spiro atoms. The van der Waals surface area contributed by atoms with Crippen LogP contribution in [-0.2, 0) is 16.0 Å². The molecule has 0 aromatic heterocycles. The van der Waals surface area contributed by atoms with Crippen LogP contribution >= 0.6 is 0 Å². The third-order valence-electron chi connectivity index (χ3n) is 2.75. The van der Waals surface area contributed by atoms with E-state index >= 15 is 0 Å². The lowest BCUT2D eigenvalue weighted by Gasteiger charge is -2.07. The molecule has 0 aliphatic heterocycles. The molecule has 1 N–H and O–H groups in total. The van der Waals surface area contributed by atoms with Crippen molar-refractivity contribution in [3.63, 3.8) is 0 Å². The Labute approximate surface area is 106 Å². The summed E-state index contributed by atoms with van der Waals surface area (Å²) < 4.78 is 4.62. The van der Waals surface area contributed by atoms with Gasteiger partial charge in [-0.1, -0.05) is 42.5 Å². The highest BCUT2D eigenvalue weighted by Gasteiger charge is 2.04. The topological polar surface area (TPSA) is 46.5 Å². The minimum Gasteiger partial charge on any atom is -0.508 e. The summed E-state index contributed by atoms with van der Waals surface area (Å²) in [7, 11) is 0. The second-order valence-electron chi connectivity index (χ2n) is 3.93. The van der Waals surface area contributed by atoms with Gasteiger partial charge in [0, 0.05) is 6.42 Å². The van der Waals surface area contributed by atoms with Crippen molar-refractivity contribution in [3.05, 3.63) is 54.1 Å². The van der Waals surface area contributed by atoms with Gasteiger partial charge in [0.2, 0.25) is 0 Å². The zero-order valence-electron chi connectivity index (χ0n) is 9.87. The summed E-state index contributed by atoms with van der Waals surface area (Å²) in [5, 5.41) is 9.91. The van der Waals surface area contributed by atoms with Crippen LogP contribution in [0.25, 0.3) is 11.1 Å². The zero-order valence-corrected chi connectivity index (χ0v) is 9.87. The van der Waals surface area contributed by atoms with Crippen molar-refractivity contribution in [2.24, 2.45) is 0 Å². The van der Waals surface area contributed by atoms with E-state index in [0.717, 1.165) is 16.7 Å². The number of aromatic hydroxyl groups is 1. The number of hydrogen-bond donors (Lipinski definition) is 1. The van der Waals surface area contributed by atoms with Gasteiger partial charge in [0.1, 0.15) is 5.75 Å². The Hall–Kier alpha value is -2.29. The number of carbonyl (C=O) groups excluding carboxylic acids is 1. The molecule has 0 aliphatic carbocycles. The molecule has 0 amide bonds. The number of ether oxygens (including phenoxy) is 1. The van der Waals surface area contributed by atoms with Gasteiger partial charge in [-0.25, -0.2) is 0 Å². The molecule has 2 aromatic rings. The first kappa shape index (κ1) is 12.2. The molecule has 0 unspecified atom stereocenters. The molecular formula is C15H14O3. The second kappa shape index (κ2) is 5.87. The van der Waals surface area contributed by atoms with Gasteiger partial charge in [0.15, 0.2) is 0 Å². The number of hydrogen-bond acceptors (Lipinski definition) is 3. The maximum Gasteiger partial charge on any atom is 0.293 e. The minimum absolute atomic E-state index is 0.228. The van der Waals surface area contributed by atoms with Crippen LogP contribution in [0.1, 0.15) is 5.56 Å². The maximum absolute atomic E-state index is 10.0. The third-order valence-corrected chi connectivity index (χ3v) is 2.75. The summed E-state index contributed by atoms with van der Waals surface area (Å²) in [6.45, 7) is 0.692. The summed E-state index contributed by atoms with van der Waals surface area (Å²) in [6.07, 6.45) is 0.514. The van der Waals surface area contributed by atoms with E-state index in [1.54, 1.807) is 6.07 Å². The molecular weight excluding hydrogens is 228 g/mol. The lowest BCUT2D eigenvalue weighted by Crippen LogP contribution is -1.97. The molecule has 2 aromatic carbocycles. The first-order valence-corrected chi connectivity index (χ1v) is 5.74. The molecule has 18 heavy (non-hydrogen) atoms. The van der Waals surface area contributed by atoms with E-state index < -0.39 is 0 Å². The van der Waals surface area contributed by atoms with Crippen LogP contribution < -0.4 is 0 Å². The highest BCUT2D eigenvalue weighted by molar-refractivity contribution is 5.65. The molecule has 0 heterocycles. The van der Waals surface area contributed by atoms with Gasteiger partial charge in [0.25, 0.3) is 6.47 Å². The van der Waals surface area contributed by atoms with Crippen molar-refractivity contribution < 1.29 is 14.6 Å². The van der Waals surface area contributed by atoms with Crippen molar-refractivity contribution in [2.75, 3.05) is 6.61 Å². The van der Waals surface area contributed by atoms with Gasteiger partial charge >= 0.3 is 0 Å². The van der Waals surface area contributed by atoms with E-state index in [1.165, 1.54) is 0 Å². The SMILES string of the molecule is O=COCCc1ccc(-c2ccccc2)cc1O. The van der Waals surface area contributed by atoms with Crippen LogP contribution in [0.4, 0.5) is 0 Å². The Kier molecular flexibility index (Phi) is 3.97. The summed E-state index contributed by atoms with van der Waals surface area (Å²) in [5.41, 5.74) is 2.80. The summed E-state index contributed by atoms with van der Waals surface area (Å²) in [5.74, 6) is 0.228. The quantitative estimate of drug-likeness (QED) is 0.647. The van der Waals surface area contributed by atoms with Crippen LogP contribution in [0.5, 0.6) is 5.75 Å². The Bertz CT molecular complexity index is 521. The minimum atomic E-state index is 0.228. The number of benzene rings is 2. The lowest BCUT2D eigenvalue weighted by molar-refractivity contribution is -0.128. The van der Waals surface area contributed by atoms with Crippen LogP contribution in [0, 0.1) is 0 Å². The zero-order chi connectivity index (χ0) is 12.8.